The van der Waals surface area contributed by atoms with Crippen molar-refractivity contribution in [1.82, 2.24) is 4.90 Å². The van der Waals surface area contributed by atoms with Crippen molar-refractivity contribution in [2.75, 3.05) is 13.1 Å². The monoisotopic (exact) mass is 197 g/mol. The zero-order chi connectivity index (χ0) is 10.6. The van der Waals surface area contributed by atoms with Crippen molar-refractivity contribution in [3.8, 4) is 0 Å². The second-order valence-electron chi connectivity index (χ2n) is 4.18. The molecule has 2 atom stereocenters. The molecule has 14 heavy (non-hydrogen) atoms. The number of carboxylic acids is 1. The van der Waals surface area contributed by atoms with Gasteiger partial charge in [0, 0.05) is 12.6 Å². The van der Waals surface area contributed by atoms with Gasteiger partial charge in [0.05, 0.1) is 6.54 Å². The van der Waals surface area contributed by atoms with E-state index in [-0.39, 0.29) is 6.54 Å². The molecule has 1 fully saturated rings. The molecule has 0 radical (unpaired) electrons. The SMILES string of the molecule is C=CCN(CC(=O)O)C1CCC(C)C1. The normalized spacial score (nSPS) is 26.7. The minimum atomic E-state index is -0.744. The molecule has 1 rings (SSSR count). The Hall–Kier alpha value is -0.830. The molecule has 1 saturated carbocycles. The van der Waals surface area contributed by atoms with Crippen molar-refractivity contribution < 1.29 is 9.90 Å². The van der Waals surface area contributed by atoms with Gasteiger partial charge in [-0.2, -0.15) is 0 Å². The summed E-state index contributed by atoms with van der Waals surface area (Å²) < 4.78 is 0. The van der Waals surface area contributed by atoms with E-state index in [4.69, 9.17) is 5.11 Å². The number of hydrogen-bond donors (Lipinski definition) is 1. The van der Waals surface area contributed by atoms with Crippen molar-refractivity contribution >= 4 is 5.97 Å². The van der Waals surface area contributed by atoms with E-state index in [9.17, 15) is 4.79 Å². The third kappa shape index (κ3) is 3.14. The molecule has 0 heterocycles. The number of rotatable bonds is 5. The Labute approximate surface area is 85.4 Å². The second kappa shape index (κ2) is 5.15. The summed E-state index contributed by atoms with van der Waals surface area (Å²) in [4.78, 5) is 12.7. The van der Waals surface area contributed by atoms with Gasteiger partial charge in [0.25, 0.3) is 0 Å². The topological polar surface area (TPSA) is 40.5 Å². The summed E-state index contributed by atoms with van der Waals surface area (Å²) in [6.45, 7) is 6.72. The predicted molar refractivity (Wildman–Crippen MR) is 56.2 cm³/mol. The predicted octanol–water partition coefficient (Wildman–Crippen LogP) is 1.75. The largest absolute Gasteiger partial charge is 0.480 e. The van der Waals surface area contributed by atoms with Gasteiger partial charge >= 0.3 is 5.97 Å². The van der Waals surface area contributed by atoms with Gasteiger partial charge in [-0.1, -0.05) is 13.0 Å². The molecule has 0 saturated heterocycles. The molecule has 0 bridgehead atoms. The lowest BCUT2D eigenvalue weighted by Gasteiger charge is -2.25. The van der Waals surface area contributed by atoms with Crippen LogP contribution in [0.2, 0.25) is 0 Å². The fraction of sp³-hybridized carbons (Fsp3) is 0.727. The average molecular weight is 197 g/mol. The van der Waals surface area contributed by atoms with Crippen LogP contribution in [0, 0.1) is 5.92 Å². The molecule has 0 aromatic carbocycles. The number of nitrogens with zero attached hydrogens (tertiary/aromatic N) is 1. The van der Waals surface area contributed by atoms with Crippen molar-refractivity contribution in [2.24, 2.45) is 5.92 Å². The molecule has 2 unspecified atom stereocenters. The summed E-state index contributed by atoms with van der Waals surface area (Å²) in [5.41, 5.74) is 0. The number of carboxylic acid groups (broad SMARTS) is 1. The Morgan fingerprint density at radius 3 is 2.79 bits per heavy atom. The highest BCUT2D eigenvalue weighted by Gasteiger charge is 2.27. The summed E-state index contributed by atoms with van der Waals surface area (Å²) in [5, 5.41) is 8.76. The van der Waals surface area contributed by atoms with E-state index in [1.165, 1.54) is 6.42 Å². The van der Waals surface area contributed by atoms with Gasteiger partial charge in [-0.3, -0.25) is 9.69 Å². The molecule has 0 aromatic rings. The highest BCUT2D eigenvalue weighted by Crippen LogP contribution is 2.28. The highest BCUT2D eigenvalue weighted by molar-refractivity contribution is 5.69. The third-order valence-electron chi connectivity index (χ3n) is 2.89. The lowest BCUT2D eigenvalue weighted by Crippen LogP contribution is -2.37. The fourth-order valence-electron chi connectivity index (χ4n) is 2.19. The molecule has 0 aromatic heterocycles. The minimum Gasteiger partial charge on any atom is -0.480 e. The number of aliphatic carboxylic acids is 1. The Kier molecular flexibility index (Phi) is 4.14. The Bertz CT molecular complexity index is 215. The van der Waals surface area contributed by atoms with E-state index >= 15 is 0 Å². The van der Waals surface area contributed by atoms with E-state index < -0.39 is 5.97 Å². The highest BCUT2D eigenvalue weighted by atomic mass is 16.4. The van der Waals surface area contributed by atoms with Crippen LogP contribution < -0.4 is 0 Å². The Morgan fingerprint density at radius 1 is 1.64 bits per heavy atom. The van der Waals surface area contributed by atoms with Crippen LogP contribution in [0.4, 0.5) is 0 Å². The van der Waals surface area contributed by atoms with Crippen LogP contribution in [0.3, 0.4) is 0 Å². The van der Waals surface area contributed by atoms with Crippen LogP contribution in [0.5, 0.6) is 0 Å². The summed E-state index contributed by atoms with van der Waals surface area (Å²) in [5.74, 6) is -0.00693. The average Bonchev–Trinajstić information content (AvgIpc) is 2.50. The Morgan fingerprint density at radius 2 is 2.36 bits per heavy atom. The summed E-state index contributed by atoms with van der Waals surface area (Å²) in [7, 11) is 0. The van der Waals surface area contributed by atoms with Crippen LogP contribution in [0.25, 0.3) is 0 Å². The van der Waals surface area contributed by atoms with E-state index in [0.29, 0.717) is 12.6 Å². The van der Waals surface area contributed by atoms with E-state index in [0.717, 1.165) is 18.8 Å². The summed E-state index contributed by atoms with van der Waals surface area (Å²) in [6.07, 6.45) is 5.26. The van der Waals surface area contributed by atoms with Crippen LogP contribution in [0.1, 0.15) is 26.2 Å². The van der Waals surface area contributed by atoms with Gasteiger partial charge < -0.3 is 5.11 Å². The van der Waals surface area contributed by atoms with Gasteiger partial charge in [-0.25, -0.2) is 0 Å². The lowest BCUT2D eigenvalue weighted by atomic mass is 10.1. The zero-order valence-corrected chi connectivity index (χ0v) is 8.78. The standard InChI is InChI=1S/C11H19NO2/c1-3-6-12(8-11(13)14)10-5-4-9(2)7-10/h3,9-10H,1,4-8H2,2H3,(H,13,14). The van der Waals surface area contributed by atoms with Crippen LogP contribution in [-0.4, -0.2) is 35.1 Å². The van der Waals surface area contributed by atoms with Crippen molar-refractivity contribution in [3.63, 3.8) is 0 Å². The van der Waals surface area contributed by atoms with E-state index in [1.54, 1.807) is 6.08 Å². The molecule has 80 valence electrons. The van der Waals surface area contributed by atoms with Gasteiger partial charge in [-0.05, 0) is 25.2 Å². The first kappa shape index (κ1) is 11.2. The van der Waals surface area contributed by atoms with Crippen LogP contribution in [-0.2, 0) is 4.79 Å². The van der Waals surface area contributed by atoms with Gasteiger partial charge in [0.1, 0.15) is 0 Å². The third-order valence-corrected chi connectivity index (χ3v) is 2.89. The Balaban J connectivity index is 2.48. The molecule has 1 aliphatic carbocycles. The number of hydrogen-bond acceptors (Lipinski definition) is 2. The first-order valence-electron chi connectivity index (χ1n) is 5.20. The molecular weight excluding hydrogens is 178 g/mol. The quantitative estimate of drug-likeness (QED) is 0.682. The molecule has 0 aliphatic heterocycles. The number of carbonyl (C=O) groups is 1. The van der Waals surface area contributed by atoms with Crippen LogP contribution in [0.15, 0.2) is 12.7 Å². The molecule has 1 N–H and O–H groups in total. The molecule has 0 spiro atoms. The van der Waals surface area contributed by atoms with Crippen LogP contribution >= 0.6 is 0 Å². The van der Waals surface area contributed by atoms with E-state index in [1.807, 2.05) is 4.90 Å². The smallest absolute Gasteiger partial charge is 0.317 e. The molecule has 1 aliphatic rings. The maximum Gasteiger partial charge on any atom is 0.317 e. The molecule has 0 amide bonds. The molecule has 3 heteroatoms. The first-order valence-corrected chi connectivity index (χ1v) is 5.20. The van der Waals surface area contributed by atoms with E-state index in [2.05, 4.69) is 13.5 Å². The van der Waals surface area contributed by atoms with Gasteiger partial charge in [0.2, 0.25) is 0 Å². The van der Waals surface area contributed by atoms with Crippen molar-refractivity contribution in [1.29, 1.82) is 0 Å². The maximum atomic E-state index is 10.6. The maximum absolute atomic E-state index is 10.6. The summed E-state index contributed by atoms with van der Waals surface area (Å²) >= 11 is 0. The second-order valence-corrected chi connectivity index (χ2v) is 4.18. The zero-order valence-electron chi connectivity index (χ0n) is 8.78. The summed E-state index contributed by atoms with van der Waals surface area (Å²) in [6, 6.07) is 0.444. The van der Waals surface area contributed by atoms with Crippen molar-refractivity contribution in [2.45, 2.75) is 32.2 Å². The van der Waals surface area contributed by atoms with Gasteiger partial charge in [-0.15, -0.1) is 6.58 Å². The van der Waals surface area contributed by atoms with Gasteiger partial charge in [0.15, 0.2) is 0 Å². The molecule has 3 nitrogen and oxygen atoms in total. The first-order chi connectivity index (χ1) is 6.63. The van der Waals surface area contributed by atoms with Crippen molar-refractivity contribution in [3.05, 3.63) is 12.7 Å². The minimum absolute atomic E-state index is 0.142. The fourth-order valence-corrected chi connectivity index (χ4v) is 2.19. The molecular formula is C11H19NO2. The lowest BCUT2D eigenvalue weighted by molar-refractivity contribution is -0.138.